The average molecular weight is 292 g/mol. The van der Waals surface area contributed by atoms with Crippen molar-refractivity contribution in [1.29, 1.82) is 0 Å². The molecule has 0 heterocycles. The molecule has 0 bridgehead atoms. The Labute approximate surface area is 126 Å². The third kappa shape index (κ3) is 5.55. The van der Waals surface area contributed by atoms with Gasteiger partial charge in [-0.15, -0.1) is 0 Å². The second-order valence-electron chi connectivity index (χ2n) is 5.26. The van der Waals surface area contributed by atoms with Gasteiger partial charge in [-0.25, -0.2) is 0 Å². The number of anilines is 1. The minimum atomic E-state index is -0.970. The summed E-state index contributed by atoms with van der Waals surface area (Å²) in [6.45, 7) is 2.70. The molecule has 116 valence electrons. The first kappa shape index (κ1) is 17.2. The number of carbonyl (C=O) groups excluding carboxylic acids is 1. The first-order chi connectivity index (χ1) is 9.95. The van der Waals surface area contributed by atoms with Gasteiger partial charge in [0.05, 0.1) is 12.5 Å². The lowest BCUT2D eigenvalue weighted by Gasteiger charge is -2.17. The van der Waals surface area contributed by atoms with E-state index < -0.39 is 12.0 Å². The Balaban J connectivity index is 2.80. The highest BCUT2D eigenvalue weighted by Gasteiger charge is 2.22. The fourth-order valence-electron chi connectivity index (χ4n) is 2.01. The molecule has 1 rings (SSSR count). The molecule has 1 atom stereocenters. The van der Waals surface area contributed by atoms with Crippen LogP contribution in [-0.4, -0.2) is 43.5 Å². The van der Waals surface area contributed by atoms with Crippen molar-refractivity contribution in [1.82, 2.24) is 5.32 Å². The van der Waals surface area contributed by atoms with Crippen molar-refractivity contribution < 1.29 is 14.7 Å². The number of aliphatic carboxylic acids is 1. The van der Waals surface area contributed by atoms with Gasteiger partial charge >= 0.3 is 5.97 Å². The topological polar surface area (TPSA) is 69.6 Å². The highest BCUT2D eigenvalue weighted by Crippen LogP contribution is 2.14. The average Bonchev–Trinajstić information content (AvgIpc) is 2.45. The maximum Gasteiger partial charge on any atom is 0.305 e. The predicted molar refractivity (Wildman–Crippen MR) is 84.1 cm³/mol. The summed E-state index contributed by atoms with van der Waals surface area (Å²) in [5.41, 5.74) is 1.54. The van der Waals surface area contributed by atoms with Crippen LogP contribution in [0.1, 0.15) is 36.5 Å². The van der Waals surface area contributed by atoms with Crippen molar-refractivity contribution >= 4 is 17.4 Å². The molecular formula is C16H24N2O3. The number of carbonyl (C=O) groups is 2. The molecule has 1 aromatic carbocycles. The van der Waals surface area contributed by atoms with Crippen molar-refractivity contribution in [3.63, 3.8) is 0 Å². The number of nitrogens with zero attached hydrogens (tertiary/aromatic N) is 1. The van der Waals surface area contributed by atoms with E-state index in [2.05, 4.69) is 12.2 Å². The molecule has 1 aromatic rings. The highest BCUT2D eigenvalue weighted by atomic mass is 16.4. The number of nitrogens with one attached hydrogen (secondary N) is 1. The third-order valence-corrected chi connectivity index (χ3v) is 3.28. The highest BCUT2D eigenvalue weighted by molar-refractivity contribution is 6.01. The van der Waals surface area contributed by atoms with Gasteiger partial charge < -0.3 is 15.3 Å². The fraction of sp³-hybridized carbons (Fsp3) is 0.500. The van der Waals surface area contributed by atoms with Crippen molar-refractivity contribution in [2.45, 2.75) is 32.2 Å². The molecule has 0 saturated carbocycles. The number of benzene rings is 1. The number of hydrogen-bond donors (Lipinski definition) is 2. The number of ketones is 1. The van der Waals surface area contributed by atoms with Crippen LogP contribution < -0.4 is 10.2 Å². The van der Waals surface area contributed by atoms with Gasteiger partial charge in [0.1, 0.15) is 0 Å². The van der Waals surface area contributed by atoms with Crippen molar-refractivity contribution in [3.8, 4) is 0 Å². The Morgan fingerprint density at radius 1 is 1.24 bits per heavy atom. The van der Waals surface area contributed by atoms with E-state index in [-0.39, 0.29) is 12.2 Å². The summed E-state index contributed by atoms with van der Waals surface area (Å²) in [5, 5.41) is 12.0. The molecule has 2 N–H and O–H groups in total. The van der Waals surface area contributed by atoms with Gasteiger partial charge in [-0.3, -0.25) is 9.59 Å². The minimum absolute atomic E-state index is 0.168. The zero-order chi connectivity index (χ0) is 15.8. The van der Waals surface area contributed by atoms with Gasteiger partial charge in [0, 0.05) is 25.3 Å². The number of carboxylic acid groups (broad SMARTS) is 1. The Kier molecular flexibility index (Phi) is 6.88. The molecule has 5 heteroatoms. The largest absolute Gasteiger partial charge is 0.481 e. The number of carboxylic acids is 1. The Hall–Kier alpha value is -1.88. The molecule has 1 unspecified atom stereocenters. The molecule has 5 nitrogen and oxygen atoms in total. The summed E-state index contributed by atoms with van der Waals surface area (Å²) in [4.78, 5) is 25.3. The molecule has 0 aliphatic rings. The summed E-state index contributed by atoms with van der Waals surface area (Å²) in [7, 11) is 3.85. The van der Waals surface area contributed by atoms with E-state index in [0.29, 0.717) is 12.1 Å². The van der Waals surface area contributed by atoms with Crippen LogP contribution in [0.3, 0.4) is 0 Å². The van der Waals surface area contributed by atoms with Gasteiger partial charge in [-0.2, -0.15) is 0 Å². The summed E-state index contributed by atoms with van der Waals surface area (Å²) < 4.78 is 0. The van der Waals surface area contributed by atoms with Crippen LogP contribution >= 0.6 is 0 Å². The first-order valence-corrected chi connectivity index (χ1v) is 7.22. The van der Waals surface area contributed by atoms with E-state index in [1.807, 2.05) is 31.1 Å². The number of unbranched alkanes of at least 4 members (excludes halogenated alkanes) is 1. The minimum Gasteiger partial charge on any atom is -0.481 e. The normalized spacial score (nSPS) is 12.0. The van der Waals surface area contributed by atoms with E-state index in [4.69, 9.17) is 5.11 Å². The monoisotopic (exact) mass is 292 g/mol. The zero-order valence-electron chi connectivity index (χ0n) is 12.9. The van der Waals surface area contributed by atoms with Crippen LogP contribution in [0.25, 0.3) is 0 Å². The quantitative estimate of drug-likeness (QED) is 0.539. The summed E-state index contributed by atoms with van der Waals surface area (Å²) >= 11 is 0. The van der Waals surface area contributed by atoms with Gasteiger partial charge in [0.2, 0.25) is 0 Å². The van der Waals surface area contributed by atoms with Gasteiger partial charge in [-0.05, 0) is 37.2 Å². The Morgan fingerprint density at radius 2 is 1.86 bits per heavy atom. The van der Waals surface area contributed by atoms with E-state index in [1.165, 1.54) is 0 Å². The van der Waals surface area contributed by atoms with Crippen LogP contribution in [0.2, 0.25) is 0 Å². The fourth-order valence-corrected chi connectivity index (χ4v) is 2.01. The van der Waals surface area contributed by atoms with Gasteiger partial charge in [0.25, 0.3) is 0 Å². The smallest absolute Gasteiger partial charge is 0.305 e. The maximum atomic E-state index is 12.4. The van der Waals surface area contributed by atoms with Crippen LogP contribution in [0, 0.1) is 0 Å². The molecule has 0 aliphatic carbocycles. The summed E-state index contributed by atoms with van der Waals surface area (Å²) in [6, 6.07) is 6.54. The molecule has 0 radical (unpaired) electrons. The van der Waals surface area contributed by atoms with Crippen molar-refractivity contribution in [2.75, 3.05) is 25.5 Å². The van der Waals surface area contributed by atoms with E-state index in [1.54, 1.807) is 12.1 Å². The third-order valence-electron chi connectivity index (χ3n) is 3.28. The molecule has 0 aliphatic heterocycles. The van der Waals surface area contributed by atoms with Crippen LogP contribution in [-0.2, 0) is 4.79 Å². The lowest BCUT2D eigenvalue weighted by atomic mass is 10.0. The number of Topliss-reactive ketones (excluding diaryl/α,β-unsaturated/α-hetero) is 1. The molecule has 0 amide bonds. The molecule has 0 saturated heterocycles. The summed E-state index contributed by atoms with van der Waals surface area (Å²) in [5.74, 6) is -1.14. The van der Waals surface area contributed by atoms with Crippen LogP contribution in [0.5, 0.6) is 0 Å². The van der Waals surface area contributed by atoms with Crippen molar-refractivity contribution in [2.24, 2.45) is 0 Å². The van der Waals surface area contributed by atoms with Crippen molar-refractivity contribution in [3.05, 3.63) is 29.8 Å². The Morgan fingerprint density at radius 3 is 2.33 bits per heavy atom. The van der Waals surface area contributed by atoms with Gasteiger partial charge in [0.15, 0.2) is 5.78 Å². The first-order valence-electron chi connectivity index (χ1n) is 7.22. The summed E-state index contributed by atoms with van der Waals surface area (Å²) in [6.07, 6.45) is 1.72. The Bertz CT molecular complexity index is 469. The maximum absolute atomic E-state index is 12.4. The van der Waals surface area contributed by atoms with Crippen LogP contribution in [0.4, 0.5) is 5.69 Å². The molecule has 0 aromatic heterocycles. The SMILES string of the molecule is CCCCNC(CC(=O)O)C(=O)c1ccc(N(C)C)cc1. The molecule has 21 heavy (non-hydrogen) atoms. The molecule has 0 spiro atoms. The number of rotatable bonds is 9. The second-order valence-corrected chi connectivity index (χ2v) is 5.26. The van der Waals surface area contributed by atoms with E-state index >= 15 is 0 Å². The second kappa shape index (κ2) is 8.42. The standard InChI is InChI=1S/C16H24N2O3/c1-4-5-10-17-14(11-15(19)20)16(21)12-6-8-13(9-7-12)18(2)3/h6-9,14,17H,4-5,10-11H2,1-3H3,(H,19,20). The number of hydrogen-bond acceptors (Lipinski definition) is 4. The molecule has 0 fully saturated rings. The zero-order valence-corrected chi connectivity index (χ0v) is 12.9. The predicted octanol–water partition coefficient (Wildman–Crippen LogP) is 2.17. The lowest BCUT2D eigenvalue weighted by Crippen LogP contribution is -2.39. The lowest BCUT2D eigenvalue weighted by molar-refractivity contribution is -0.137. The van der Waals surface area contributed by atoms with Gasteiger partial charge in [-0.1, -0.05) is 13.3 Å². The molecular weight excluding hydrogens is 268 g/mol. The van der Waals surface area contributed by atoms with E-state index in [9.17, 15) is 9.59 Å². The van der Waals surface area contributed by atoms with Crippen LogP contribution in [0.15, 0.2) is 24.3 Å². The van der Waals surface area contributed by atoms with E-state index in [0.717, 1.165) is 18.5 Å².